The minimum Gasteiger partial charge on any atom is -0.444 e. The summed E-state index contributed by atoms with van der Waals surface area (Å²) in [4.78, 5) is 76.5. The molecule has 54 heavy (non-hydrogen) atoms. The predicted octanol–water partition coefficient (Wildman–Crippen LogP) is 4.50. The Morgan fingerprint density at radius 1 is 1.11 bits per heavy atom. The van der Waals surface area contributed by atoms with Crippen LogP contribution in [0.1, 0.15) is 107 Å². The summed E-state index contributed by atoms with van der Waals surface area (Å²) in [6.07, 6.45) is 6.84. The van der Waals surface area contributed by atoms with Crippen molar-refractivity contribution < 1.29 is 37.8 Å². The van der Waals surface area contributed by atoms with Crippen LogP contribution in [0.25, 0.3) is 0 Å². The molecule has 288 valence electrons. The fourth-order valence-corrected chi connectivity index (χ4v) is 7.60. The maximum absolute atomic E-state index is 14.5. The number of nitrogens with zero attached hydrogens (tertiary/aromatic N) is 4. The highest BCUT2D eigenvalue weighted by Gasteiger charge is 2.60. The number of rotatable bonds is 6. The fourth-order valence-electron chi connectivity index (χ4n) is 7.60. The number of aromatic amines is 1. The van der Waals surface area contributed by atoms with Gasteiger partial charge in [-0.15, -0.1) is 5.73 Å². The molecule has 2 aliphatic carbocycles. The lowest BCUT2D eigenvalue weighted by atomic mass is 10.0. The summed E-state index contributed by atoms with van der Waals surface area (Å²) in [6, 6.07) is 2.53. The number of H-pyrrole nitrogens is 1. The van der Waals surface area contributed by atoms with Crippen molar-refractivity contribution in [2.24, 2.45) is 5.92 Å². The summed E-state index contributed by atoms with van der Waals surface area (Å²) in [5, 5.41) is 12.9. The third-order valence-corrected chi connectivity index (χ3v) is 10.7. The van der Waals surface area contributed by atoms with Gasteiger partial charge < -0.3 is 25.0 Å². The standard InChI is InChI=1S/C39H48FN7O7/c1-38(2,3)54-36(51)41-29-14-9-7-5-4-6-8-12-25-19-39(25,31(48)18-32-42-33(45-44-32)23-15-16-23)43-34(49)30-17-26(21-47(30)35(29)50)53-37(52)46-20-24-11-10-13-28(40)27(24)22-46/h6,10-13,23,25-26,29-30H,4-5,7,9,14-22H2,1-3H3,(H,41,51)(H,43,49)(H,42,44,45)/t8?,25-,26-,29+,30+,39-/m1/s1. The first-order valence-electron chi connectivity index (χ1n) is 19.0. The first kappa shape index (κ1) is 37.3. The predicted molar refractivity (Wildman–Crippen MR) is 191 cm³/mol. The smallest absolute Gasteiger partial charge is 0.410 e. The molecule has 0 unspecified atom stereocenters. The zero-order chi connectivity index (χ0) is 38.2. The molecular formula is C39H48FN7O7. The van der Waals surface area contributed by atoms with E-state index in [-0.39, 0.29) is 50.6 Å². The maximum Gasteiger partial charge on any atom is 0.410 e. The molecule has 2 saturated carbocycles. The molecule has 5 atom stereocenters. The van der Waals surface area contributed by atoms with Gasteiger partial charge in [-0.1, -0.05) is 25.0 Å². The van der Waals surface area contributed by atoms with E-state index in [2.05, 4.69) is 31.5 Å². The molecule has 15 heteroatoms. The number of ketones is 1. The number of alkyl carbamates (subject to hydrolysis) is 1. The molecule has 7 rings (SSSR count). The normalized spacial score (nSPS) is 27.1. The molecular weight excluding hydrogens is 697 g/mol. The van der Waals surface area contributed by atoms with E-state index in [0.29, 0.717) is 41.5 Å². The minimum atomic E-state index is -1.26. The number of fused-ring (bicyclic) bond motifs is 3. The number of Topliss-reactive ketones (excluding diaryl/α,β-unsaturated/α-hetero) is 1. The molecule has 4 heterocycles. The second kappa shape index (κ2) is 15.0. The number of nitrogens with one attached hydrogen (secondary N) is 3. The highest BCUT2D eigenvalue weighted by Crippen LogP contribution is 2.46. The molecule has 2 aromatic rings. The minimum absolute atomic E-state index is 0.0311. The van der Waals surface area contributed by atoms with Gasteiger partial charge in [0, 0.05) is 30.4 Å². The molecule has 4 amide bonds. The fraction of sp³-hybridized carbons (Fsp3) is 0.590. The lowest BCUT2D eigenvalue weighted by molar-refractivity contribution is -0.141. The number of carbonyl (C=O) groups excluding carboxylic acids is 5. The third-order valence-electron chi connectivity index (χ3n) is 10.7. The van der Waals surface area contributed by atoms with Crippen LogP contribution in [-0.4, -0.2) is 90.6 Å². The molecule has 3 N–H and O–H groups in total. The van der Waals surface area contributed by atoms with Crippen LogP contribution in [0.4, 0.5) is 14.0 Å². The van der Waals surface area contributed by atoms with Gasteiger partial charge in [-0.05, 0) is 83.1 Å². The van der Waals surface area contributed by atoms with E-state index in [1.807, 2.05) is 12.2 Å². The van der Waals surface area contributed by atoms with Gasteiger partial charge in [0.2, 0.25) is 11.8 Å². The van der Waals surface area contributed by atoms with Crippen LogP contribution in [-0.2, 0) is 43.4 Å². The van der Waals surface area contributed by atoms with E-state index in [0.717, 1.165) is 32.1 Å². The molecule has 5 aliphatic rings. The molecule has 1 aromatic heterocycles. The lowest BCUT2D eigenvalue weighted by Crippen LogP contribution is -2.56. The Labute approximate surface area is 313 Å². The van der Waals surface area contributed by atoms with Crippen molar-refractivity contribution in [1.82, 2.24) is 35.6 Å². The van der Waals surface area contributed by atoms with Crippen molar-refractivity contribution in [3.05, 3.63) is 64.7 Å². The maximum atomic E-state index is 14.5. The van der Waals surface area contributed by atoms with Gasteiger partial charge in [-0.2, -0.15) is 5.10 Å². The van der Waals surface area contributed by atoms with Crippen LogP contribution in [0.15, 0.2) is 36.1 Å². The van der Waals surface area contributed by atoms with Crippen molar-refractivity contribution in [3.63, 3.8) is 0 Å². The number of hydrogen-bond donors (Lipinski definition) is 3. The highest BCUT2D eigenvalue weighted by atomic mass is 19.1. The van der Waals surface area contributed by atoms with Crippen molar-refractivity contribution in [3.8, 4) is 0 Å². The Morgan fingerprint density at radius 2 is 1.93 bits per heavy atom. The monoisotopic (exact) mass is 745 g/mol. The highest BCUT2D eigenvalue weighted by molar-refractivity contribution is 6.00. The van der Waals surface area contributed by atoms with Crippen LogP contribution >= 0.6 is 0 Å². The summed E-state index contributed by atoms with van der Waals surface area (Å²) in [5.41, 5.74) is 2.23. The average molecular weight is 746 g/mol. The van der Waals surface area contributed by atoms with Crippen LogP contribution in [0.5, 0.6) is 0 Å². The van der Waals surface area contributed by atoms with Gasteiger partial charge in [0.25, 0.3) is 0 Å². The van der Waals surface area contributed by atoms with Gasteiger partial charge in [0.05, 0.1) is 19.5 Å². The summed E-state index contributed by atoms with van der Waals surface area (Å²) in [6.45, 7) is 5.23. The Kier molecular flexibility index (Phi) is 10.4. The molecule has 3 aliphatic heterocycles. The number of aromatic nitrogens is 3. The second-order valence-corrected chi connectivity index (χ2v) is 16.1. The van der Waals surface area contributed by atoms with Crippen molar-refractivity contribution >= 4 is 29.8 Å². The molecule has 0 spiro atoms. The van der Waals surface area contributed by atoms with Crippen LogP contribution in [0.3, 0.4) is 0 Å². The van der Waals surface area contributed by atoms with E-state index in [9.17, 15) is 28.4 Å². The van der Waals surface area contributed by atoms with Crippen molar-refractivity contribution in [1.29, 1.82) is 0 Å². The topological polar surface area (TPSA) is 176 Å². The second-order valence-electron chi connectivity index (χ2n) is 16.1. The van der Waals surface area contributed by atoms with E-state index in [1.54, 1.807) is 32.9 Å². The van der Waals surface area contributed by atoms with Gasteiger partial charge in [0.15, 0.2) is 11.6 Å². The van der Waals surface area contributed by atoms with Gasteiger partial charge >= 0.3 is 12.2 Å². The van der Waals surface area contributed by atoms with Crippen molar-refractivity contribution in [2.45, 2.75) is 133 Å². The Hall–Kier alpha value is -5.04. The van der Waals surface area contributed by atoms with Crippen LogP contribution < -0.4 is 10.6 Å². The zero-order valence-corrected chi connectivity index (χ0v) is 31.0. The third kappa shape index (κ3) is 8.36. The molecule has 0 bridgehead atoms. The molecule has 3 fully saturated rings. The summed E-state index contributed by atoms with van der Waals surface area (Å²) in [7, 11) is 0. The van der Waals surface area contributed by atoms with E-state index in [4.69, 9.17) is 9.47 Å². The SMILES string of the molecule is CC(C)(C)OC(=O)N[C@H]1CCCCCC=C=C[C@@H]2C[C@@]2(C(=O)Cc2nc(C3CC3)n[nH]2)NC(=O)[C@@H]2C[C@@H](OC(=O)N3Cc4cccc(F)c4C3)CN2C1=O. The number of hydrogen-bond acceptors (Lipinski definition) is 9. The summed E-state index contributed by atoms with van der Waals surface area (Å²) < 4.78 is 25.8. The number of amides is 4. The largest absolute Gasteiger partial charge is 0.444 e. The summed E-state index contributed by atoms with van der Waals surface area (Å²) in [5.74, 6) is -0.678. The van der Waals surface area contributed by atoms with Gasteiger partial charge in [0.1, 0.15) is 41.0 Å². The number of benzene rings is 1. The molecule has 0 radical (unpaired) electrons. The zero-order valence-electron chi connectivity index (χ0n) is 31.0. The number of ether oxygens (including phenoxy) is 2. The van der Waals surface area contributed by atoms with Crippen molar-refractivity contribution in [2.75, 3.05) is 6.54 Å². The Bertz CT molecular complexity index is 1880. The first-order valence-corrected chi connectivity index (χ1v) is 19.0. The van der Waals surface area contributed by atoms with Crippen LogP contribution in [0.2, 0.25) is 0 Å². The molecule has 1 aromatic carbocycles. The van der Waals surface area contributed by atoms with Gasteiger partial charge in [-0.25, -0.2) is 19.0 Å². The molecule has 1 saturated heterocycles. The lowest BCUT2D eigenvalue weighted by Gasteiger charge is -2.30. The average Bonchev–Trinajstić information content (AvgIpc) is 3.89. The Balaban J connectivity index is 1.14. The quantitative estimate of drug-likeness (QED) is 0.360. The number of carbonyl (C=O) groups is 5. The van der Waals surface area contributed by atoms with E-state index < -0.39 is 59.1 Å². The van der Waals surface area contributed by atoms with Crippen LogP contribution in [0, 0.1) is 11.7 Å². The van der Waals surface area contributed by atoms with E-state index >= 15 is 0 Å². The van der Waals surface area contributed by atoms with Gasteiger partial charge in [-0.3, -0.25) is 24.4 Å². The Morgan fingerprint density at radius 3 is 2.69 bits per heavy atom. The summed E-state index contributed by atoms with van der Waals surface area (Å²) >= 11 is 0. The number of halogens is 1. The van der Waals surface area contributed by atoms with E-state index in [1.165, 1.54) is 15.9 Å². The first-order chi connectivity index (χ1) is 25.8. The molecule has 14 nitrogen and oxygen atoms in total.